The van der Waals surface area contributed by atoms with Crippen molar-refractivity contribution in [3.05, 3.63) is 35.4 Å². The van der Waals surface area contributed by atoms with Crippen LogP contribution in [0.5, 0.6) is 0 Å². The van der Waals surface area contributed by atoms with E-state index in [1.807, 2.05) is 27.7 Å². The smallest absolute Gasteiger partial charge is 0.00601 e. The van der Waals surface area contributed by atoms with Crippen LogP contribution in [0.1, 0.15) is 45.2 Å². The fraction of sp³-hybridized carbons (Fsp3) is 0.467. The Morgan fingerprint density at radius 1 is 0.933 bits per heavy atom. The molecule has 0 aliphatic heterocycles. The SMILES string of the molecule is CC.CC#CCC.Cc1ccc(C)cc1. The van der Waals surface area contributed by atoms with Crippen molar-refractivity contribution < 1.29 is 0 Å². The molecule has 0 aliphatic rings. The molecular weight excluding hydrogens is 180 g/mol. The minimum atomic E-state index is 0.983. The largest absolute Gasteiger partial charge is 0.107 e. The first kappa shape index (κ1) is 16.2. The Balaban J connectivity index is 0. The molecule has 0 N–H and O–H groups in total. The van der Waals surface area contributed by atoms with Crippen molar-refractivity contribution in [1.82, 2.24) is 0 Å². The number of hydrogen-bond donors (Lipinski definition) is 0. The van der Waals surface area contributed by atoms with Gasteiger partial charge in [0.2, 0.25) is 0 Å². The van der Waals surface area contributed by atoms with Gasteiger partial charge in [-0.1, -0.05) is 56.2 Å². The van der Waals surface area contributed by atoms with Gasteiger partial charge in [-0.25, -0.2) is 0 Å². The summed E-state index contributed by atoms with van der Waals surface area (Å²) in [6.45, 7) is 12.1. The second kappa shape index (κ2) is 12.8. The van der Waals surface area contributed by atoms with Gasteiger partial charge in [-0.15, -0.1) is 11.8 Å². The summed E-state index contributed by atoms with van der Waals surface area (Å²) in [6.07, 6.45) is 0.983. The molecule has 0 heterocycles. The van der Waals surface area contributed by atoms with Gasteiger partial charge in [-0.2, -0.15) is 0 Å². The zero-order chi connectivity index (χ0) is 12.1. The Hall–Kier alpha value is -1.22. The lowest BCUT2D eigenvalue weighted by Gasteiger charge is -1.90. The fourth-order valence-corrected chi connectivity index (χ4v) is 0.814. The lowest BCUT2D eigenvalue weighted by Crippen LogP contribution is -1.70. The molecule has 0 amide bonds. The van der Waals surface area contributed by atoms with Crippen LogP contribution in [0, 0.1) is 25.7 Å². The Bertz CT molecular complexity index is 248. The average Bonchev–Trinajstić information content (AvgIpc) is 2.27. The van der Waals surface area contributed by atoms with Gasteiger partial charge in [0.15, 0.2) is 0 Å². The third-order valence-corrected chi connectivity index (χ3v) is 1.57. The molecule has 0 saturated carbocycles. The molecule has 1 aromatic rings. The van der Waals surface area contributed by atoms with E-state index < -0.39 is 0 Å². The molecule has 0 bridgehead atoms. The first-order valence-corrected chi connectivity index (χ1v) is 5.63. The van der Waals surface area contributed by atoms with E-state index in [2.05, 4.69) is 50.0 Å². The van der Waals surface area contributed by atoms with E-state index in [9.17, 15) is 0 Å². The van der Waals surface area contributed by atoms with E-state index in [1.165, 1.54) is 11.1 Å². The van der Waals surface area contributed by atoms with Crippen LogP contribution in [0.4, 0.5) is 0 Å². The Kier molecular flexibility index (Phi) is 13.8. The Morgan fingerprint density at radius 2 is 1.27 bits per heavy atom. The lowest BCUT2D eigenvalue weighted by atomic mass is 10.2. The van der Waals surface area contributed by atoms with Crippen LogP contribution in [0.3, 0.4) is 0 Å². The summed E-state index contributed by atoms with van der Waals surface area (Å²) < 4.78 is 0. The number of hydrogen-bond acceptors (Lipinski definition) is 0. The summed E-state index contributed by atoms with van der Waals surface area (Å²) in [5.41, 5.74) is 2.66. The Labute approximate surface area is 95.7 Å². The van der Waals surface area contributed by atoms with Gasteiger partial charge in [0, 0.05) is 6.42 Å². The summed E-state index contributed by atoms with van der Waals surface area (Å²) in [7, 11) is 0. The quantitative estimate of drug-likeness (QED) is 0.535. The molecule has 0 nitrogen and oxygen atoms in total. The molecule has 0 radical (unpaired) electrons. The van der Waals surface area contributed by atoms with Crippen molar-refractivity contribution in [3.8, 4) is 11.8 Å². The minimum absolute atomic E-state index is 0.983. The first-order valence-electron chi connectivity index (χ1n) is 5.63. The molecule has 0 atom stereocenters. The molecule has 0 aliphatic carbocycles. The maximum Gasteiger partial charge on any atom is 0.00601 e. The van der Waals surface area contributed by atoms with E-state index in [4.69, 9.17) is 0 Å². The third kappa shape index (κ3) is 12.8. The molecular formula is C15H24. The summed E-state index contributed by atoms with van der Waals surface area (Å²) >= 11 is 0. The lowest BCUT2D eigenvalue weighted by molar-refractivity contribution is 1.28. The molecule has 0 spiro atoms. The van der Waals surface area contributed by atoms with Crippen molar-refractivity contribution in [3.63, 3.8) is 0 Å². The van der Waals surface area contributed by atoms with Gasteiger partial charge in [0.05, 0.1) is 0 Å². The number of aryl methyl sites for hydroxylation is 2. The molecule has 1 rings (SSSR count). The van der Waals surface area contributed by atoms with Crippen LogP contribution in [-0.2, 0) is 0 Å². The van der Waals surface area contributed by atoms with Gasteiger partial charge >= 0.3 is 0 Å². The van der Waals surface area contributed by atoms with Gasteiger partial charge in [0.25, 0.3) is 0 Å². The molecule has 1 aromatic carbocycles. The summed E-state index contributed by atoms with van der Waals surface area (Å²) in [5.74, 6) is 5.63. The van der Waals surface area contributed by atoms with Crippen molar-refractivity contribution >= 4 is 0 Å². The van der Waals surface area contributed by atoms with Gasteiger partial charge in [-0.05, 0) is 20.8 Å². The van der Waals surface area contributed by atoms with Crippen LogP contribution >= 0.6 is 0 Å². The number of rotatable bonds is 0. The van der Waals surface area contributed by atoms with Crippen LogP contribution in [0.2, 0.25) is 0 Å². The Morgan fingerprint density at radius 3 is 1.40 bits per heavy atom. The van der Waals surface area contributed by atoms with E-state index in [1.54, 1.807) is 0 Å². The van der Waals surface area contributed by atoms with Crippen LogP contribution in [0.15, 0.2) is 24.3 Å². The van der Waals surface area contributed by atoms with Gasteiger partial charge < -0.3 is 0 Å². The van der Waals surface area contributed by atoms with Crippen molar-refractivity contribution in [2.75, 3.05) is 0 Å². The molecule has 0 fully saturated rings. The monoisotopic (exact) mass is 204 g/mol. The van der Waals surface area contributed by atoms with Crippen molar-refractivity contribution in [1.29, 1.82) is 0 Å². The standard InChI is InChI=1S/C8H10.C5H8.C2H6/c1-7-3-5-8(2)6-4-7;1-3-5-4-2;1-2/h3-6H,1-2H3;3H2,1-2H3;1-2H3. The van der Waals surface area contributed by atoms with Crippen LogP contribution < -0.4 is 0 Å². The minimum Gasteiger partial charge on any atom is -0.107 e. The van der Waals surface area contributed by atoms with Crippen molar-refractivity contribution in [2.45, 2.75) is 48.0 Å². The van der Waals surface area contributed by atoms with Gasteiger partial charge in [0.1, 0.15) is 0 Å². The molecule has 84 valence electrons. The molecule has 0 unspecified atom stereocenters. The highest BCUT2D eigenvalue weighted by Crippen LogP contribution is 1.99. The predicted molar refractivity (Wildman–Crippen MR) is 71.0 cm³/mol. The van der Waals surface area contributed by atoms with Gasteiger partial charge in [-0.3, -0.25) is 0 Å². The second-order valence-electron chi connectivity index (χ2n) is 2.94. The fourth-order valence-electron chi connectivity index (χ4n) is 0.814. The molecule has 0 heteroatoms. The molecule has 15 heavy (non-hydrogen) atoms. The zero-order valence-corrected chi connectivity index (χ0v) is 11.0. The van der Waals surface area contributed by atoms with Crippen molar-refractivity contribution in [2.24, 2.45) is 0 Å². The van der Waals surface area contributed by atoms with E-state index in [0.717, 1.165) is 6.42 Å². The zero-order valence-electron chi connectivity index (χ0n) is 11.0. The highest BCUT2D eigenvalue weighted by Gasteiger charge is 1.79. The summed E-state index contributed by atoms with van der Waals surface area (Å²) in [4.78, 5) is 0. The maximum absolute atomic E-state index is 2.86. The highest BCUT2D eigenvalue weighted by atomic mass is 13.9. The summed E-state index contributed by atoms with van der Waals surface area (Å²) in [6, 6.07) is 8.48. The van der Waals surface area contributed by atoms with Crippen LogP contribution in [-0.4, -0.2) is 0 Å². The first-order chi connectivity index (χ1) is 7.20. The highest BCUT2D eigenvalue weighted by molar-refractivity contribution is 5.19. The maximum atomic E-state index is 2.86. The van der Waals surface area contributed by atoms with E-state index in [0.29, 0.717) is 0 Å². The average molecular weight is 204 g/mol. The topological polar surface area (TPSA) is 0 Å². The molecule has 0 saturated heterocycles. The van der Waals surface area contributed by atoms with E-state index in [-0.39, 0.29) is 0 Å². The number of benzene rings is 1. The molecule has 0 aromatic heterocycles. The normalized spacial score (nSPS) is 7.07. The summed E-state index contributed by atoms with van der Waals surface area (Å²) in [5, 5.41) is 0. The third-order valence-electron chi connectivity index (χ3n) is 1.57. The second-order valence-corrected chi connectivity index (χ2v) is 2.94. The van der Waals surface area contributed by atoms with E-state index >= 15 is 0 Å². The predicted octanol–water partition coefficient (Wildman–Crippen LogP) is 4.75. The van der Waals surface area contributed by atoms with Crippen LogP contribution in [0.25, 0.3) is 0 Å².